The third kappa shape index (κ3) is 2.97. The number of hydrogen-bond donors (Lipinski definition) is 4. The van der Waals surface area contributed by atoms with E-state index in [1.54, 1.807) is 7.11 Å². The Labute approximate surface area is 131 Å². The number of H-pyrrole nitrogens is 1. The molecule has 1 saturated heterocycles. The zero-order chi connectivity index (χ0) is 16.4. The smallest absolute Gasteiger partial charge is 0.162 e. The maximum atomic E-state index is 9.81. The molecule has 1 aliphatic rings. The third-order valence-corrected chi connectivity index (χ3v) is 3.58. The molecule has 3 rings (SSSR count). The molecule has 23 heavy (non-hydrogen) atoms. The quantitative estimate of drug-likeness (QED) is 0.535. The first-order chi connectivity index (χ1) is 11.1. The average Bonchev–Trinajstić information content (AvgIpc) is 3.11. The molecule has 0 bridgehead atoms. The van der Waals surface area contributed by atoms with Gasteiger partial charge in [0.2, 0.25) is 0 Å². The molecule has 9 heteroatoms. The fourth-order valence-electron chi connectivity index (χ4n) is 2.46. The van der Waals surface area contributed by atoms with Crippen LogP contribution in [0.25, 0.3) is 11.0 Å². The second-order valence-electron chi connectivity index (χ2n) is 5.15. The van der Waals surface area contributed by atoms with Crippen LogP contribution in [-0.2, 0) is 9.47 Å². The summed E-state index contributed by atoms with van der Waals surface area (Å²) < 4.78 is 10.4. The van der Waals surface area contributed by atoms with Crippen molar-refractivity contribution in [2.45, 2.75) is 24.7 Å². The van der Waals surface area contributed by atoms with E-state index in [2.05, 4.69) is 32.0 Å². The Morgan fingerprint density at radius 2 is 2.30 bits per heavy atom. The monoisotopic (exact) mass is 319 g/mol. The Kier molecular flexibility index (Phi) is 4.40. The van der Waals surface area contributed by atoms with E-state index in [4.69, 9.17) is 20.3 Å². The van der Waals surface area contributed by atoms with Gasteiger partial charge in [-0.1, -0.05) is 5.92 Å². The summed E-state index contributed by atoms with van der Waals surface area (Å²) in [5, 5.41) is 26.3. The van der Waals surface area contributed by atoms with Crippen molar-refractivity contribution in [1.29, 1.82) is 0 Å². The maximum Gasteiger partial charge on any atom is 0.162 e. The highest BCUT2D eigenvalue weighted by Gasteiger charge is 2.36. The Morgan fingerprint density at radius 1 is 1.48 bits per heavy atom. The van der Waals surface area contributed by atoms with Crippen molar-refractivity contribution in [1.82, 2.24) is 20.2 Å². The van der Waals surface area contributed by atoms with Gasteiger partial charge in [0, 0.05) is 13.5 Å². The number of methoxy groups -OCH3 is 1. The van der Waals surface area contributed by atoms with Gasteiger partial charge in [-0.05, 0) is 5.92 Å². The standard InChI is InChI=1S/C14H17N5O4/c1-22-4-2-3-7-11-12(15)16-13(17-14(11)19-18-7)9-5-8(21)10(6-20)23-9/h8-10,20-21H,4-6H2,1H3,(H3,15,16,17,18,19). The highest BCUT2D eigenvalue weighted by atomic mass is 16.5. The van der Waals surface area contributed by atoms with Crippen LogP contribution in [-0.4, -0.2) is 62.9 Å². The molecule has 3 heterocycles. The number of rotatable bonds is 3. The van der Waals surface area contributed by atoms with E-state index in [1.165, 1.54) is 0 Å². The van der Waals surface area contributed by atoms with Crippen LogP contribution in [0.15, 0.2) is 0 Å². The van der Waals surface area contributed by atoms with Crippen LogP contribution in [0.5, 0.6) is 0 Å². The molecule has 0 aliphatic carbocycles. The first-order valence-corrected chi connectivity index (χ1v) is 7.07. The highest BCUT2D eigenvalue weighted by molar-refractivity contribution is 5.90. The summed E-state index contributed by atoms with van der Waals surface area (Å²) in [5.74, 6) is 6.20. The van der Waals surface area contributed by atoms with Crippen molar-refractivity contribution < 1.29 is 19.7 Å². The molecule has 1 fully saturated rings. The van der Waals surface area contributed by atoms with Gasteiger partial charge >= 0.3 is 0 Å². The number of anilines is 1. The number of nitrogen functional groups attached to an aromatic ring is 1. The summed E-state index contributed by atoms with van der Waals surface area (Å²) in [6.45, 7) is 0.0161. The fraction of sp³-hybridized carbons (Fsp3) is 0.500. The molecule has 3 atom stereocenters. The predicted octanol–water partition coefficient (Wildman–Crippen LogP) is -0.884. The lowest BCUT2D eigenvalue weighted by Gasteiger charge is -2.11. The number of nitrogens with one attached hydrogen (secondary N) is 1. The Hall–Kier alpha value is -2.25. The Morgan fingerprint density at radius 3 is 3.00 bits per heavy atom. The maximum absolute atomic E-state index is 9.81. The summed E-state index contributed by atoms with van der Waals surface area (Å²) in [7, 11) is 1.55. The van der Waals surface area contributed by atoms with Gasteiger partial charge in [-0.15, -0.1) is 0 Å². The van der Waals surface area contributed by atoms with E-state index in [0.29, 0.717) is 29.0 Å². The van der Waals surface area contributed by atoms with Gasteiger partial charge in [-0.2, -0.15) is 5.10 Å². The number of aromatic nitrogens is 4. The van der Waals surface area contributed by atoms with Gasteiger partial charge in [-0.3, -0.25) is 5.10 Å². The summed E-state index contributed by atoms with van der Waals surface area (Å²) >= 11 is 0. The van der Waals surface area contributed by atoms with Crippen molar-refractivity contribution in [3.63, 3.8) is 0 Å². The van der Waals surface area contributed by atoms with Crippen LogP contribution in [0.3, 0.4) is 0 Å². The molecule has 122 valence electrons. The molecular weight excluding hydrogens is 302 g/mol. The second kappa shape index (κ2) is 6.47. The predicted molar refractivity (Wildman–Crippen MR) is 80.2 cm³/mol. The number of nitrogens with two attached hydrogens (primary N) is 1. The highest BCUT2D eigenvalue weighted by Crippen LogP contribution is 2.32. The minimum Gasteiger partial charge on any atom is -0.394 e. The van der Waals surface area contributed by atoms with Crippen LogP contribution < -0.4 is 5.73 Å². The molecule has 0 radical (unpaired) electrons. The molecule has 0 spiro atoms. The minimum absolute atomic E-state index is 0.228. The molecule has 1 aliphatic heterocycles. The molecule has 5 N–H and O–H groups in total. The van der Waals surface area contributed by atoms with Gasteiger partial charge in [0.05, 0.1) is 18.1 Å². The molecule has 2 aromatic heterocycles. The summed E-state index contributed by atoms with van der Waals surface area (Å²) in [6.07, 6.45) is -1.63. The molecular formula is C14H17N5O4. The Balaban J connectivity index is 1.93. The first-order valence-electron chi connectivity index (χ1n) is 7.07. The molecule has 0 amide bonds. The van der Waals surface area contributed by atoms with E-state index < -0.39 is 18.3 Å². The summed E-state index contributed by atoms with van der Waals surface area (Å²) in [5.41, 5.74) is 6.89. The summed E-state index contributed by atoms with van der Waals surface area (Å²) in [6, 6.07) is 0. The topological polar surface area (TPSA) is 139 Å². The number of aliphatic hydroxyl groups is 2. The molecule has 0 saturated carbocycles. The van der Waals surface area contributed by atoms with Crippen molar-refractivity contribution in [3.8, 4) is 11.8 Å². The summed E-state index contributed by atoms with van der Waals surface area (Å²) in [4.78, 5) is 8.58. The van der Waals surface area contributed by atoms with Crippen molar-refractivity contribution in [3.05, 3.63) is 11.5 Å². The number of hydrogen-bond acceptors (Lipinski definition) is 8. The number of aliphatic hydroxyl groups excluding tert-OH is 2. The largest absolute Gasteiger partial charge is 0.394 e. The van der Waals surface area contributed by atoms with Crippen LogP contribution in [0.4, 0.5) is 5.82 Å². The van der Waals surface area contributed by atoms with Gasteiger partial charge < -0.3 is 25.4 Å². The van der Waals surface area contributed by atoms with Crippen LogP contribution in [0, 0.1) is 11.8 Å². The van der Waals surface area contributed by atoms with E-state index in [1.807, 2.05) is 0 Å². The number of aromatic amines is 1. The van der Waals surface area contributed by atoms with E-state index in [0.717, 1.165) is 0 Å². The molecule has 2 aromatic rings. The van der Waals surface area contributed by atoms with E-state index in [9.17, 15) is 5.11 Å². The minimum atomic E-state index is -0.761. The van der Waals surface area contributed by atoms with Crippen molar-refractivity contribution in [2.24, 2.45) is 0 Å². The van der Waals surface area contributed by atoms with E-state index >= 15 is 0 Å². The zero-order valence-corrected chi connectivity index (χ0v) is 12.5. The number of nitrogens with zero attached hydrogens (tertiary/aromatic N) is 3. The molecule has 9 nitrogen and oxygen atoms in total. The van der Waals surface area contributed by atoms with Crippen molar-refractivity contribution in [2.75, 3.05) is 26.1 Å². The van der Waals surface area contributed by atoms with Gasteiger partial charge in [0.1, 0.15) is 30.3 Å². The van der Waals surface area contributed by atoms with E-state index in [-0.39, 0.29) is 19.0 Å². The van der Waals surface area contributed by atoms with Gasteiger partial charge in [0.25, 0.3) is 0 Å². The first kappa shape index (κ1) is 15.6. The molecule has 0 aromatic carbocycles. The average molecular weight is 319 g/mol. The fourth-order valence-corrected chi connectivity index (χ4v) is 2.46. The third-order valence-electron chi connectivity index (χ3n) is 3.58. The SMILES string of the molecule is COCC#Cc1n[nH]c2nc(C3CC(O)C(CO)O3)nc(N)c12. The lowest BCUT2D eigenvalue weighted by molar-refractivity contribution is -0.0246. The number of ether oxygens (including phenoxy) is 2. The lowest BCUT2D eigenvalue weighted by Crippen LogP contribution is -2.24. The second-order valence-corrected chi connectivity index (χ2v) is 5.15. The molecule has 3 unspecified atom stereocenters. The Bertz CT molecular complexity index is 766. The van der Waals surface area contributed by atoms with Gasteiger partial charge in [0.15, 0.2) is 11.5 Å². The van der Waals surface area contributed by atoms with Crippen molar-refractivity contribution >= 4 is 16.9 Å². The lowest BCUT2D eigenvalue weighted by atomic mass is 10.1. The van der Waals surface area contributed by atoms with Gasteiger partial charge in [-0.25, -0.2) is 9.97 Å². The zero-order valence-electron chi connectivity index (χ0n) is 12.5. The van der Waals surface area contributed by atoms with Crippen LogP contribution in [0.1, 0.15) is 24.0 Å². The normalized spacial score (nSPS) is 23.9. The number of fused-ring (bicyclic) bond motifs is 1. The van der Waals surface area contributed by atoms with Crippen LogP contribution in [0.2, 0.25) is 0 Å². The van der Waals surface area contributed by atoms with Crippen LogP contribution >= 0.6 is 0 Å².